The van der Waals surface area contributed by atoms with Crippen molar-refractivity contribution in [3.8, 4) is 0 Å². The van der Waals surface area contributed by atoms with Gasteiger partial charge in [-0.1, -0.05) is 66.7 Å². The summed E-state index contributed by atoms with van der Waals surface area (Å²) in [5.74, 6) is 0.467. The molecular formula is C29H35N3O2. The number of fused-ring (bicyclic) bond motifs is 1. The lowest BCUT2D eigenvalue weighted by Gasteiger charge is -2.40. The molecule has 0 aromatic heterocycles. The van der Waals surface area contributed by atoms with E-state index in [1.54, 1.807) is 0 Å². The smallest absolute Gasteiger partial charge is 0.236 e. The molecule has 0 bridgehead atoms. The molecule has 0 radical (unpaired) electrons. The van der Waals surface area contributed by atoms with E-state index in [1.165, 1.54) is 36.1 Å². The molecule has 2 heterocycles. The van der Waals surface area contributed by atoms with Gasteiger partial charge in [-0.3, -0.25) is 14.5 Å². The SMILES string of the molecule is O=C(CC(=O)N1CCCC2CCCC=C21)N1CCN(C(c2ccccc2)c2ccccc2)CC1. The number of rotatable bonds is 5. The molecule has 5 rings (SSSR count). The molecule has 2 aromatic rings. The summed E-state index contributed by atoms with van der Waals surface area (Å²) in [7, 11) is 0. The molecule has 2 aromatic carbocycles. The third-order valence-corrected chi connectivity index (χ3v) is 7.64. The molecule has 1 atom stereocenters. The molecule has 2 amide bonds. The van der Waals surface area contributed by atoms with Crippen molar-refractivity contribution in [1.29, 1.82) is 0 Å². The van der Waals surface area contributed by atoms with Crippen LogP contribution in [0.4, 0.5) is 0 Å². The Kier molecular flexibility index (Phi) is 7.10. The maximum atomic E-state index is 13.1. The zero-order valence-electron chi connectivity index (χ0n) is 19.9. The quantitative estimate of drug-likeness (QED) is 0.616. The van der Waals surface area contributed by atoms with Crippen LogP contribution in [0.2, 0.25) is 0 Å². The van der Waals surface area contributed by atoms with Crippen LogP contribution in [0.1, 0.15) is 55.7 Å². The minimum absolute atomic E-state index is 0.00907. The maximum Gasteiger partial charge on any atom is 0.236 e. The number of benzene rings is 2. The number of hydrogen-bond donors (Lipinski definition) is 0. The monoisotopic (exact) mass is 457 g/mol. The lowest BCUT2D eigenvalue weighted by molar-refractivity contribution is -0.141. The molecule has 3 aliphatic rings. The number of hydrogen-bond acceptors (Lipinski definition) is 3. The average molecular weight is 458 g/mol. The van der Waals surface area contributed by atoms with Crippen LogP contribution in [-0.2, 0) is 9.59 Å². The Morgan fingerprint density at radius 1 is 0.765 bits per heavy atom. The Labute approximate surface area is 203 Å². The summed E-state index contributed by atoms with van der Waals surface area (Å²) in [6.45, 7) is 3.68. The van der Waals surface area contributed by atoms with E-state index < -0.39 is 0 Å². The summed E-state index contributed by atoms with van der Waals surface area (Å²) < 4.78 is 0. The zero-order chi connectivity index (χ0) is 23.3. The highest BCUT2D eigenvalue weighted by Crippen LogP contribution is 2.35. The van der Waals surface area contributed by atoms with Gasteiger partial charge in [-0.2, -0.15) is 0 Å². The van der Waals surface area contributed by atoms with E-state index in [-0.39, 0.29) is 24.3 Å². The second-order valence-corrected chi connectivity index (χ2v) is 9.76. The molecule has 1 aliphatic carbocycles. The van der Waals surface area contributed by atoms with Crippen molar-refractivity contribution in [3.05, 3.63) is 83.6 Å². The first-order valence-corrected chi connectivity index (χ1v) is 12.8. The standard InChI is InChI=1S/C29H35N3O2/c33-27(22-28(34)32-17-9-15-23-10-7-8-16-26(23)32)30-18-20-31(21-19-30)29(24-11-3-1-4-12-24)25-13-5-2-6-14-25/h1-6,11-14,16,23,29H,7-10,15,17-22H2. The highest BCUT2D eigenvalue weighted by molar-refractivity contribution is 5.97. The third kappa shape index (κ3) is 4.95. The van der Waals surface area contributed by atoms with Gasteiger partial charge >= 0.3 is 0 Å². The summed E-state index contributed by atoms with van der Waals surface area (Å²) in [6.07, 6.45) is 7.89. The summed E-state index contributed by atoms with van der Waals surface area (Å²) in [6, 6.07) is 21.3. The molecule has 34 heavy (non-hydrogen) atoms. The largest absolute Gasteiger partial charge is 0.340 e. The van der Waals surface area contributed by atoms with Gasteiger partial charge in [0.05, 0.1) is 6.04 Å². The van der Waals surface area contributed by atoms with Crippen molar-refractivity contribution in [2.45, 2.75) is 44.6 Å². The molecule has 0 N–H and O–H groups in total. The van der Waals surface area contributed by atoms with Gasteiger partial charge in [-0.15, -0.1) is 0 Å². The van der Waals surface area contributed by atoms with Crippen LogP contribution < -0.4 is 0 Å². The van der Waals surface area contributed by atoms with E-state index in [1.807, 2.05) is 21.9 Å². The molecule has 5 nitrogen and oxygen atoms in total. The second-order valence-electron chi connectivity index (χ2n) is 9.76. The fraction of sp³-hybridized carbons (Fsp3) is 0.448. The van der Waals surface area contributed by atoms with Crippen LogP contribution in [0.15, 0.2) is 72.4 Å². The highest BCUT2D eigenvalue weighted by Gasteiger charge is 2.33. The van der Waals surface area contributed by atoms with Crippen molar-refractivity contribution in [3.63, 3.8) is 0 Å². The first-order valence-electron chi connectivity index (χ1n) is 12.8. The Balaban J connectivity index is 1.21. The van der Waals surface area contributed by atoms with Crippen LogP contribution in [-0.4, -0.2) is 59.2 Å². The van der Waals surface area contributed by atoms with E-state index >= 15 is 0 Å². The average Bonchev–Trinajstić information content (AvgIpc) is 2.90. The van der Waals surface area contributed by atoms with Gasteiger partial charge < -0.3 is 9.80 Å². The predicted octanol–water partition coefficient (Wildman–Crippen LogP) is 4.62. The minimum atomic E-state index is -0.0286. The van der Waals surface area contributed by atoms with Crippen LogP contribution in [0.5, 0.6) is 0 Å². The van der Waals surface area contributed by atoms with Crippen molar-refractivity contribution in [2.24, 2.45) is 5.92 Å². The Morgan fingerprint density at radius 3 is 2.03 bits per heavy atom. The number of piperidine rings is 1. The van der Waals surface area contributed by atoms with Gasteiger partial charge in [-0.05, 0) is 49.1 Å². The van der Waals surface area contributed by atoms with Gasteiger partial charge in [0.2, 0.25) is 11.8 Å². The fourth-order valence-corrected chi connectivity index (χ4v) is 5.90. The molecule has 2 saturated heterocycles. The lowest BCUT2D eigenvalue weighted by atomic mass is 9.85. The Bertz CT molecular complexity index is 973. The number of likely N-dealkylation sites (tertiary alicyclic amines) is 1. The van der Waals surface area contributed by atoms with Gasteiger partial charge in [-0.25, -0.2) is 0 Å². The first kappa shape index (κ1) is 22.9. The van der Waals surface area contributed by atoms with E-state index in [0.29, 0.717) is 19.0 Å². The summed E-state index contributed by atoms with van der Waals surface area (Å²) in [5.41, 5.74) is 3.72. The molecule has 2 aliphatic heterocycles. The normalized spacial score (nSPS) is 21.2. The second kappa shape index (κ2) is 10.6. The number of carbonyl (C=O) groups is 2. The van der Waals surface area contributed by atoms with Crippen LogP contribution in [0, 0.1) is 5.92 Å². The topological polar surface area (TPSA) is 43.9 Å². The zero-order valence-corrected chi connectivity index (χ0v) is 19.9. The summed E-state index contributed by atoms with van der Waals surface area (Å²) >= 11 is 0. The van der Waals surface area contributed by atoms with Crippen LogP contribution in [0.3, 0.4) is 0 Å². The van der Waals surface area contributed by atoms with E-state index in [0.717, 1.165) is 32.5 Å². The fourth-order valence-electron chi connectivity index (χ4n) is 5.90. The molecule has 5 heteroatoms. The van der Waals surface area contributed by atoms with E-state index in [4.69, 9.17) is 0 Å². The Morgan fingerprint density at radius 2 is 1.38 bits per heavy atom. The maximum absolute atomic E-state index is 13.1. The lowest BCUT2D eigenvalue weighted by Crippen LogP contribution is -2.51. The summed E-state index contributed by atoms with van der Waals surface area (Å²) in [4.78, 5) is 32.4. The number of piperazine rings is 1. The minimum Gasteiger partial charge on any atom is -0.340 e. The van der Waals surface area contributed by atoms with Crippen LogP contribution in [0.25, 0.3) is 0 Å². The summed E-state index contributed by atoms with van der Waals surface area (Å²) in [5, 5.41) is 0. The number of amides is 2. The first-order chi connectivity index (χ1) is 16.7. The van der Waals surface area contributed by atoms with Crippen molar-refractivity contribution in [1.82, 2.24) is 14.7 Å². The molecule has 1 unspecified atom stereocenters. The molecule has 178 valence electrons. The van der Waals surface area contributed by atoms with Gasteiger partial charge in [0.25, 0.3) is 0 Å². The molecule has 0 spiro atoms. The van der Waals surface area contributed by atoms with Crippen molar-refractivity contribution in [2.75, 3.05) is 32.7 Å². The van der Waals surface area contributed by atoms with E-state index in [9.17, 15) is 9.59 Å². The van der Waals surface area contributed by atoms with Crippen LogP contribution >= 0.6 is 0 Å². The predicted molar refractivity (Wildman–Crippen MR) is 134 cm³/mol. The van der Waals surface area contributed by atoms with Crippen molar-refractivity contribution < 1.29 is 9.59 Å². The third-order valence-electron chi connectivity index (χ3n) is 7.64. The number of carbonyl (C=O) groups excluding carboxylic acids is 2. The molecule has 0 saturated carbocycles. The number of nitrogens with zero attached hydrogens (tertiary/aromatic N) is 3. The van der Waals surface area contributed by atoms with Gasteiger partial charge in [0, 0.05) is 38.4 Å². The van der Waals surface area contributed by atoms with Gasteiger partial charge in [0.1, 0.15) is 6.42 Å². The highest BCUT2D eigenvalue weighted by atomic mass is 16.2. The van der Waals surface area contributed by atoms with Gasteiger partial charge in [0.15, 0.2) is 0 Å². The number of allylic oxidation sites excluding steroid dienone is 2. The molecule has 2 fully saturated rings. The van der Waals surface area contributed by atoms with Crippen molar-refractivity contribution >= 4 is 11.8 Å². The Hall–Kier alpha value is -2.92. The molecular weight excluding hydrogens is 422 g/mol. The van der Waals surface area contributed by atoms with E-state index in [2.05, 4.69) is 59.5 Å².